The van der Waals surface area contributed by atoms with Crippen LogP contribution in [0.4, 0.5) is 4.79 Å². The molecule has 0 atom stereocenters. The Hall–Kier alpha value is -3.33. The van der Waals surface area contributed by atoms with Gasteiger partial charge in [0.05, 0.1) is 11.1 Å². The van der Waals surface area contributed by atoms with Gasteiger partial charge in [0.15, 0.2) is 0 Å². The number of benzene rings is 1. The summed E-state index contributed by atoms with van der Waals surface area (Å²) in [5.41, 5.74) is 2.11. The van der Waals surface area contributed by atoms with Crippen LogP contribution in [0.5, 0.6) is 0 Å². The number of hydrogen-bond acceptors (Lipinski definition) is 7. The van der Waals surface area contributed by atoms with Crippen molar-refractivity contribution in [2.75, 3.05) is 6.54 Å². The van der Waals surface area contributed by atoms with Gasteiger partial charge >= 0.3 is 6.09 Å². The van der Waals surface area contributed by atoms with Gasteiger partial charge in [0.25, 0.3) is 11.5 Å². The number of nitrogens with zero attached hydrogens (tertiary/aromatic N) is 3. The normalized spacial score (nSPS) is 11.3. The molecule has 8 nitrogen and oxygen atoms in total. The van der Waals surface area contributed by atoms with E-state index in [0.717, 1.165) is 30.4 Å². The summed E-state index contributed by atoms with van der Waals surface area (Å²) in [4.78, 5) is 46.6. The van der Waals surface area contributed by atoms with E-state index in [4.69, 9.17) is 4.74 Å². The summed E-state index contributed by atoms with van der Waals surface area (Å²) in [5, 5.41) is 2.16. The van der Waals surface area contributed by atoms with Crippen LogP contribution in [0.2, 0.25) is 0 Å². The molecule has 0 aliphatic heterocycles. The Morgan fingerprint density at radius 3 is 2.53 bits per heavy atom. The van der Waals surface area contributed by atoms with Gasteiger partial charge in [-0.2, -0.15) is 4.98 Å². The van der Waals surface area contributed by atoms with Gasteiger partial charge in [-0.25, -0.2) is 14.8 Å². The predicted molar refractivity (Wildman–Crippen MR) is 134 cm³/mol. The van der Waals surface area contributed by atoms with Gasteiger partial charge < -0.3 is 4.74 Å². The number of carbonyl (C=O) groups excluding carboxylic acids is 2. The molecule has 0 aliphatic carbocycles. The number of unbranched alkanes of at least 4 members (excludes halogenated alkanes) is 3. The van der Waals surface area contributed by atoms with Crippen molar-refractivity contribution in [3.05, 3.63) is 58.5 Å². The minimum atomic E-state index is -0.694. The fraction of sp³-hybridized carbons (Fsp3) is 0.400. The molecule has 34 heavy (non-hydrogen) atoms. The number of hydrogen-bond donors (Lipinski definition) is 1. The number of amides is 2. The first-order chi connectivity index (χ1) is 16.2. The second kappa shape index (κ2) is 11.2. The van der Waals surface area contributed by atoms with Crippen LogP contribution in [0.15, 0.2) is 47.3 Å². The molecule has 2 aromatic heterocycles. The average Bonchev–Trinajstić information content (AvgIpc) is 2.80. The molecular formula is C25H30N4O4S. The standard InChI is InChI=1S/C25H30N4O4S/c1-5-6-7-10-16-29(24(32)33-25(2,3)4)28-22(31)18-13-11-14-19(26-18)23-27-21(30)17-12-8-9-15-20(17)34-23/h8-9,11-15H,5-7,10,16H2,1-4H3,(H,28,31). The van der Waals surface area contributed by atoms with E-state index in [1.165, 1.54) is 16.3 Å². The van der Waals surface area contributed by atoms with Gasteiger partial charge in [-0.05, 0) is 51.5 Å². The first-order valence-corrected chi connectivity index (χ1v) is 12.2. The highest BCUT2D eigenvalue weighted by Crippen LogP contribution is 2.24. The summed E-state index contributed by atoms with van der Waals surface area (Å²) < 4.78 is 6.24. The van der Waals surface area contributed by atoms with Crippen LogP contribution < -0.4 is 11.0 Å². The van der Waals surface area contributed by atoms with Crippen molar-refractivity contribution in [2.24, 2.45) is 0 Å². The largest absolute Gasteiger partial charge is 0.442 e. The average molecular weight is 483 g/mol. The highest BCUT2D eigenvalue weighted by atomic mass is 32.1. The number of rotatable bonds is 7. The lowest BCUT2D eigenvalue weighted by atomic mass is 10.2. The number of fused-ring (bicyclic) bond motifs is 1. The van der Waals surface area contributed by atoms with Gasteiger partial charge in [0.1, 0.15) is 16.3 Å². The van der Waals surface area contributed by atoms with E-state index >= 15 is 0 Å². The van der Waals surface area contributed by atoms with Crippen molar-refractivity contribution in [1.82, 2.24) is 20.4 Å². The smallest absolute Gasteiger partial charge is 0.429 e. The predicted octanol–water partition coefficient (Wildman–Crippen LogP) is 5.18. The third-order valence-corrected chi connectivity index (χ3v) is 5.88. The molecule has 0 bridgehead atoms. The van der Waals surface area contributed by atoms with E-state index in [9.17, 15) is 14.4 Å². The maximum Gasteiger partial charge on any atom is 0.429 e. The Bertz CT molecular complexity index is 1220. The highest BCUT2D eigenvalue weighted by molar-refractivity contribution is 7.21. The minimum Gasteiger partial charge on any atom is -0.442 e. The van der Waals surface area contributed by atoms with Gasteiger partial charge in [-0.1, -0.05) is 44.4 Å². The van der Waals surface area contributed by atoms with E-state index in [1.54, 1.807) is 51.1 Å². The van der Waals surface area contributed by atoms with Crippen molar-refractivity contribution in [1.29, 1.82) is 0 Å². The van der Waals surface area contributed by atoms with Crippen LogP contribution in [0.1, 0.15) is 63.9 Å². The molecular weight excluding hydrogens is 452 g/mol. The van der Waals surface area contributed by atoms with Gasteiger partial charge in [-0.15, -0.1) is 11.3 Å². The molecule has 0 fully saturated rings. The van der Waals surface area contributed by atoms with Crippen LogP contribution in [-0.2, 0) is 4.74 Å². The van der Waals surface area contributed by atoms with E-state index < -0.39 is 17.6 Å². The lowest BCUT2D eigenvalue weighted by Gasteiger charge is -2.27. The molecule has 3 aromatic rings. The second-order valence-corrected chi connectivity index (χ2v) is 9.89. The molecule has 1 aromatic carbocycles. The first kappa shape index (κ1) is 25.3. The molecule has 2 amide bonds. The lowest BCUT2D eigenvalue weighted by Crippen LogP contribution is -2.48. The third-order valence-electron chi connectivity index (χ3n) is 4.81. The SMILES string of the molecule is CCCCCCN(NC(=O)c1cccc(-c2nc(=O)c3ccccc3s2)n1)C(=O)OC(C)(C)C. The van der Waals surface area contributed by atoms with Crippen molar-refractivity contribution in [2.45, 2.75) is 59.0 Å². The zero-order valence-electron chi connectivity index (χ0n) is 20.0. The number of nitrogens with one attached hydrogen (secondary N) is 1. The van der Waals surface area contributed by atoms with Crippen LogP contribution in [0.3, 0.4) is 0 Å². The number of ether oxygens (including phenoxy) is 1. The van der Waals surface area contributed by atoms with Gasteiger partial charge in [-0.3, -0.25) is 15.0 Å². The Morgan fingerprint density at radius 1 is 1.03 bits per heavy atom. The number of aromatic nitrogens is 2. The minimum absolute atomic E-state index is 0.106. The molecule has 180 valence electrons. The summed E-state index contributed by atoms with van der Waals surface area (Å²) in [6, 6.07) is 12.1. The zero-order valence-corrected chi connectivity index (χ0v) is 20.8. The van der Waals surface area contributed by atoms with Gasteiger partial charge in [0, 0.05) is 11.2 Å². The highest BCUT2D eigenvalue weighted by Gasteiger charge is 2.24. The van der Waals surface area contributed by atoms with Crippen LogP contribution >= 0.6 is 11.3 Å². The first-order valence-electron chi connectivity index (χ1n) is 11.4. The van der Waals surface area contributed by atoms with Gasteiger partial charge in [0.2, 0.25) is 0 Å². The second-order valence-electron chi connectivity index (χ2n) is 8.86. The molecule has 0 radical (unpaired) electrons. The lowest BCUT2D eigenvalue weighted by molar-refractivity contribution is 0.0128. The van der Waals surface area contributed by atoms with E-state index in [-0.39, 0.29) is 11.3 Å². The molecule has 0 aliphatic rings. The van der Waals surface area contributed by atoms with E-state index in [2.05, 4.69) is 22.3 Å². The Kier molecular flexibility index (Phi) is 8.33. The Balaban J connectivity index is 1.81. The van der Waals surface area contributed by atoms with Crippen molar-refractivity contribution < 1.29 is 14.3 Å². The van der Waals surface area contributed by atoms with Crippen molar-refractivity contribution in [3.63, 3.8) is 0 Å². The molecule has 0 saturated carbocycles. The fourth-order valence-electron chi connectivity index (χ4n) is 3.19. The fourth-order valence-corrected chi connectivity index (χ4v) is 4.16. The summed E-state index contributed by atoms with van der Waals surface area (Å²) in [5.74, 6) is -0.545. The van der Waals surface area contributed by atoms with Crippen molar-refractivity contribution in [3.8, 4) is 10.7 Å². The van der Waals surface area contributed by atoms with Crippen LogP contribution in [0, 0.1) is 0 Å². The number of hydrazine groups is 1. The molecule has 3 rings (SSSR count). The molecule has 2 heterocycles. The quantitative estimate of drug-likeness (QED) is 0.368. The maximum absolute atomic E-state index is 13.0. The maximum atomic E-state index is 13.0. The molecule has 0 saturated heterocycles. The third kappa shape index (κ3) is 6.84. The molecule has 0 spiro atoms. The van der Waals surface area contributed by atoms with Crippen LogP contribution in [0.25, 0.3) is 20.8 Å². The summed E-state index contributed by atoms with van der Waals surface area (Å²) in [7, 11) is 0. The Morgan fingerprint density at radius 2 is 1.79 bits per heavy atom. The monoisotopic (exact) mass is 482 g/mol. The van der Waals surface area contributed by atoms with Crippen molar-refractivity contribution >= 4 is 33.4 Å². The molecule has 0 unspecified atom stereocenters. The summed E-state index contributed by atoms with van der Waals surface area (Å²) >= 11 is 1.33. The Labute approximate surface area is 203 Å². The number of pyridine rings is 1. The summed E-state index contributed by atoms with van der Waals surface area (Å²) in [6.07, 6.45) is 3.15. The zero-order chi connectivity index (χ0) is 24.7. The molecule has 1 N–H and O–H groups in total. The number of carbonyl (C=O) groups is 2. The topological polar surface area (TPSA) is 101 Å². The van der Waals surface area contributed by atoms with E-state index in [1.807, 2.05) is 12.1 Å². The van der Waals surface area contributed by atoms with Crippen LogP contribution in [-0.4, -0.2) is 39.1 Å². The molecule has 9 heteroatoms. The van der Waals surface area contributed by atoms with E-state index in [0.29, 0.717) is 22.6 Å². The summed E-state index contributed by atoms with van der Waals surface area (Å²) in [6.45, 7) is 7.75.